The van der Waals surface area contributed by atoms with Gasteiger partial charge in [0.1, 0.15) is 5.58 Å². The number of hydrogen-bond donors (Lipinski definition) is 2. The molecule has 1 aliphatic heterocycles. The van der Waals surface area contributed by atoms with E-state index in [0.29, 0.717) is 34.4 Å². The van der Waals surface area contributed by atoms with Gasteiger partial charge in [0.2, 0.25) is 0 Å². The van der Waals surface area contributed by atoms with E-state index < -0.39 is 11.8 Å². The number of fused-ring (bicyclic) bond motifs is 2. The van der Waals surface area contributed by atoms with Crippen LogP contribution in [0.3, 0.4) is 0 Å². The first-order valence-corrected chi connectivity index (χ1v) is 9.84. The maximum absolute atomic E-state index is 12.8. The van der Waals surface area contributed by atoms with E-state index in [4.69, 9.17) is 4.42 Å². The normalized spacial score (nSPS) is 14.4. The van der Waals surface area contributed by atoms with Crippen molar-refractivity contribution in [3.05, 3.63) is 70.5 Å². The maximum atomic E-state index is 12.8. The number of aromatic nitrogens is 1. The Bertz CT molecular complexity index is 1350. The molecule has 0 saturated carbocycles. The summed E-state index contributed by atoms with van der Waals surface area (Å²) in [5, 5.41) is 13.4. The van der Waals surface area contributed by atoms with Crippen LogP contribution >= 0.6 is 15.9 Å². The number of aliphatic hydroxyl groups excluding tert-OH is 1. The minimum Gasteiger partial charge on any atom is -0.464 e. The van der Waals surface area contributed by atoms with E-state index >= 15 is 0 Å². The van der Waals surface area contributed by atoms with E-state index in [1.807, 2.05) is 53.2 Å². The number of imide groups is 1. The van der Waals surface area contributed by atoms with Gasteiger partial charge in [0.25, 0.3) is 11.8 Å². The van der Waals surface area contributed by atoms with Crippen molar-refractivity contribution in [1.29, 1.82) is 0 Å². The highest BCUT2D eigenvalue weighted by molar-refractivity contribution is 9.10. The average Bonchev–Trinajstić information content (AvgIpc) is 3.35. The fourth-order valence-electron chi connectivity index (χ4n) is 3.90. The zero-order valence-electron chi connectivity index (χ0n) is 15.1. The molecule has 0 saturated heterocycles. The average molecular weight is 451 g/mol. The lowest BCUT2D eigenvalue weighted by Gasteiger charge is -2.02. The van der Waals surface area contributed by atoms with Gasteiger partial charge in [0, 0.05) is 44.6 Å². The van der Waals surface area contributed by atoms with Gasteiger partial charge in [-0.05, 0) is 24.3 Å². The largest absolute Gasteiger partial charge is 0.464 e. The number of nitrogens with zero attached hydrogens (tertiary/aromatic N) is 1. The number of furan rings is 1. The van der Waals surface area contributed by atoms with Crippen LogP contribution < -0.4 is 5.32 Å². The van der Waals surface area contributed by atoms with Gasteiger partial charge in [-0.25, -0.2) is 0 Å². The molecule has 0 aliphatic carbocycles. The van der Waals surface area contributed by atoms with Crippen LogP contribution in [-0.4, -0.2) is 28.1 Å². The minimum atomic E-state index is -0.449. The number of benzene rings is 2. The van der Waals surface area contributed by atoms with E-state index in [-0.39, 0.29) is 6.61 Å². The highest BCUT2D eigenvalue weighted by Gasteiger charge is 2.35. The SMILES string of the molecule is O=C1NC(=O)C(c2cn(CCO)c3ccc(Br)cc23)=C1c1coc2ccccc12. The molecule has 0 fully saturated rings. The number of nitrogens with one attached hydrogen (secondary N) is 1. The Kier molecular flexibility index (Phi) is 4.15. The summed E-state index contributed by atoms with van der Waals surface area (Å²) in [7, 11) is 0. The van der Waals surface area contributed by atoms with Gasteiger partial charge in [0.05, 0.1) is 24.0 Å². The fraction of sp³-hybridized carbons (Fsp3) is 0.0909. The van der Waals surface area contributed by atoms with Crippen LogP contribution in [-0.2, 0) is 16.1 Å². The third-order valence-corrected chi connectivity index (χ3v) is 5.63. The van der Waals surface area contributed by atoms with Gasteiger partial charge in [0.15, 0.2) is 0 Å². The number of hydrogen-bond acceptors (Lipinski definition) is 4. The van der Waals surface area contributed by atoms with Gasteiger partial charge < -0.3 is 14.1 Å². The molecule has 0 radical (unpaired) electrons. The molecule has 3 heterocycles. The molecule has 4 aromatic rings. The number of rotatable bonds is 4. The van der Waals surface area contributed by atoms with Gasteiger partial charge in [-0.15, -0.1) is 0 Å². The van der Waals surface area contributed by atoms with E-state index in [9.17, 15) is 14.7 Å². The number of carbonyl (C=O) groups excluding carboxylic acids is 2. The summed E-state index contributed by atoms with van der Waals surface area (Å²) in [5.74, 6) is -0.895. The Morgan fingerprint density at radius 3 is 2.55 bits per heavy atom. The summed E-state index contributed by atoms with van der Waals surface area (Å²) in [6.07, 6.45) is 3.32. The Morgan fingerprint density at radius 1 is 1.00 bits per heavy atom. The second-order valence-corrected chi connectivity index (χ2v) is 7.72. The summed E-state index contributed by atoms with van der Waals surface area (Å²) >= 11 is 3.48. The predicted molar refractivity (Wildman–Crippen MR) is 113 cm³/mol. The molecule has 0 spiro atoms. The Balaban J connectivity index is 1.84. The van der Waals surface area contributed by atoms with Gasteiger partial charge >= 0.3 is 0 Å². The van der Waals surface area contributed by atoms with Crippen LogP contribution in [0.15, 0.2) is 63.8 Å². The summed E-state index contributed by atoms with van der Waals surface area (Å²) in [6.45, 7) is 0.341. The molecule has 2 aromatic heterocycles. The van der Waals surface area contributed by atoms with Crippen LogP contribution in [0.2, 0.25) is 0 Å². The summed E-state index contributed by atoms with van der Waals surface area (Å²) in [5.41, 5.74) is 3.33. The number of carbonyl (C=O) groups is 2. The Labute approximate surface area is 173 Å². The third kappa shape index (κ3) is 2.73. The highest BCUT2D eigenvalue weighted by atomic mass is 79.9. The first kappa shape index (κ1) is 17.9. The monoisotopic (exact) mass is 450 g/mol. The number of halogens is 1. The molecule has 5 rings (SSSR count). The molecule has 144 valence electrons. The smallest absolute Gasteiger partial charge is 0.259 e. The Morgan fingerprint density at radius 2 is 1.76 bits per heavy atom. The lowest BCUT2D eigenvalue weighted by molar-refractivity contribution is -0.122. The molecule has 2 amide bonds. The molecule has 6 nitrogen and oxygen atoms in total. The van der Waals surface area contributed by atoms with Crippen molar-refractivity contribution in [2.75, 3.05) is 6.61 Å². The van der Waals surface area contributed by atoms with E-state index in [0.717, 1.165) is 20.8 Å². The van der Waals surface area contributed by atoms with Crippen molar-refractivity contribution in [1.82, 2.24) is 9.88 Å². The molecule has 2 N–H and O–H groups in total. The second-order valence-electron chi connectivity index (χ2n) is 6.80. The van der Waals surface area contributed by atoms with Crippen molar-refractivity contribution in [2.45, 2.75) is 6.54 Å². The van der Waals surface area contributed by atoms with Gasteiger partial charge in [-0.1, -0.05) is 34.1 Å². The zero-order valence-corrected chi connectivity index (χ0v) is 16.7. The molecule has 0 bridgehead atoms. The molecular formula is C22H15BrN2O4. The molecular weight excluding hydrogens is 436 g/mol. The van der Waals surface area contributed by atoms with Crippen LogP contribution in [0.1, 0.15) is 11.1 Å². The van der Waals surface area contributed by atoms with Crippen molar-refractivity contribution < 1.29 is 19.1 Å². The van der Waals surface area contributed by atoms with E-state index in [1.165, 1.54) is 6.26 Å². The van der Waals surface area contributed by atoms with Gasteiger partial charge in [-0.2, -0.15) is 0 Å². The molecule has 0 unspecified atom stereocenters. The maximum Gasteiger partial charge on any atom is 0.259 e. The van der Waals surface area contributed by atoms with Crippen molar-refractivity contribution in [3.63, 3.8) is 0 Å². The molecule has 2 aromatic carbocycles. The van der Waals surface area contributed by atoms with Crippen molar-refractivity contribution in [2.24, 2.45) is 0 Å². The summed E-state index contributed by atoms with van der Waals surface area (Å²) in [6, 6.07) is 13.1. The Hall–Kier alpha value is -3.16. The van der Waals surface area contributed by atoms with Crippen molar-refractivity contribution >= 4 is 60.8 Å². The minimum absolute atomic E-state index is 0.0390. The molecule has 29 heavy (non-hydrogen) atoms. The lowest BCUT2D eigenvalue weighted by Crippen LogP contribution is -2.22. The standard InChI is InChI=1S/C22H15BrN2O4/c23-12-5-6-17-14(9-12)15(10-25(17)7-8-26)19-20(22(28)24-21(19)27)16-11-29-18-4-2-1-3-13(16)18/h1-6,9-11,26H,7-8H2,(H,24,27,28). The number of para-hydroxylation sites is 1. The topological polar surface area (TPSA) is 84.5 Å². The number of amides is 2. The van der Waals surface area contributed by atoms with Crippen LogP contribution in [0.25, 0.3) is 33.0 Å². The van der Waals surface area contributed by atoms with Crippen molar-refractivity contribution in [3.8, 4) is 0 Å². The van der Waals surface area contributed by atoms with E-state index in [1.54, 1.807) is 0 Å². The molecule has 1 aliphatic rings. The van der Waals surface area contributed by atoms with Crippen LogP contribution in [0.4, 0.5) is 0 Å². The van der Waals surface area contributed by atoms with Crippen LogP contribution in [0, 0.1) is 0 Å². The fourth-order valence-corrected chi connectivity index (χ4v) is 4.26. The number of aliphatic hydroxyl groups is 1. The second kappa shape index (κ2) is 6.72. The first-order chi connectivity index (χ1) is 14.1. The molecule has 0 atom stereocenters. The third-order valence-electron chi connectivity index (χ3n) is 5.13. The first-order valence-electron chi connectivity index (χ1n) is 9.04. The highest BCUT2D eigenvalue weighted by Crippen LogP contribution is 2.39. The summed E-state index contributed by atoms with van der Waals surface area (Å²) in [4.78, 5) is 25.6. The quantitative estimate of drug-likeness (QED) is 0.464. The summed E-state index contributed by atoms with van der Waals surface area (Å²) < 4.78 is 8.34. The van der Waals surface area contributed by atoms with Gasteiger partial charge in [-0.3, -0.25) is 14.9 Å². The van der Waals surface area contributed by atoms with Crippen LogP contribution in [0.5, 0.6) is 0 Å². The lowest BCUT2D eigenvalue weighted by atomic mass is 9.95. The predicted octanol–water partition coefficient (Wildman–Crippen LogP) is 3.71. The zero-order chi connectivity index (χ0) is 20.1. The molecule has 7 heteroatoms. The van der Waals surface area contributed by atoms with E-state index in [2.05, 4.69) is 21.2 Å².